The van der Waals surface area contributed by atoms with Crippen LogP contribution in [-0.4, -0.2) is 92.3 Å². The predicted octanol–water partition coefficient (Wildman–Crippen LogP) is 6.87. The van der Waals surface area contributed by atoms with Crippen molar-refractivity contribution in [1.82, 2.24) is 30.0 Å². The second-order valence-corrected chi connectivity index (χ2v) is 15.0. The standard InChI is InChI=1S/C35H41ClF3N7O5/c1-19(2)46(16-27(38)39)31(47)23-13-21(37)7-8-25(23)50-30-29(41-32(36)43-42-30)44-17-35(18-44)14-22(15-35)49-26-9-11-40-24-10-12-45(20(3)28(24)26)33(48)51-34(4,5)6/h7-9,11,13,19-20,22,27H,10,12,14-18H2,1-6H3. The number of halogens is 4. The molecule has 51 heavy (non-hydrogen) atoms. The first kappa shape index (κ1) is 36.4. The number of carbonyl (C=O) groups is 2. The molecule has 12 nitrogen and oxygen atoms in total. The summed E-state index contributed by atoms with van der Waals surface area (Å²) in [6.07, 6.45) is 0.639. The van der Waals surface area contributed by atoms with Gasteiger partial charge in [0.1, 0.15) is 29.0 Å². The van der Waals surface area contributed by atoms with E-state index in [1.807, 2.05) is 38.7 Å². The van der Waals surface area contributed by atoms with Gasteiger partial charge in [0.25, 0.3) is 18.2 Å². The van der Waals surface area contributed by atoms with Crippen molar-refractivity contribution in [3.05, 3.63) is 58.4 Å². The van der Waals surface area contributed by atoms with Gasteiger partial charge in [-0.1, -0.05) is 0 Å². The molecule has 1 unspecified atom stereocenters. The molecule has 0 radical (unpaired) electrons. The number of aromatic nitrogens is 4. The number of alkyl halides is 2. The number of carbonyl (C=O) groups excluding carboxylic acids is 2. The Bertz CT molecular complexity index is 1800. The summed E-state index contributed by atoms with van der Waals surface area (Å²) in [4.78, 5) is 39.8. The highest BCUT2D eigenvalue weighted by Gasteiger charge is 2.55. The molecule has 2 amide bonds. The molecular formula is C35H41ClF3N7O5. The van der Waals surface area contributed by atoms with Crippen LogP contribution in [0.25, 0.3) is 0 Å². The van der Waals surface area contributed by atoms with Gasteiger partial charge in [0.15, 0.2) is 5.82 Å². The Balaban J connectivity index is 1.13. The number of fused-ring (bicyclic) bond motifs is 1. The Kier molecular flexibility index (Phi) is 9.96. The topological polar surface area (TPSA) is 123 Å². The summed E-state index contributed by atoms with van der Waals surface area (Å²) in [6.45, 7) is 11.5. The van der Waals surface area contributed by atoms with Gasteiger partial charge in [0.2, 0.25) is 5.28 Å². The Morgan fingerprint density at radius 1 is 1.12 bits per heavy atom. The number of pyridine rings is 1. The van der Waals surface area contributed by atoms with Gasteiger partial charge in [0.05, 0.1) is 23.8 Å². The Labute approximate surface area is 299 Å². The zero-order valence-corrected chi connectivity index (χ0v) is 30.1. The fourth-order valence-corrected chi connectivity index (χ4v) is 7.10. The Hall–Kier alpha value is -4.40. The summed E-state index contributed by atoms with van der Waals surface area (Å²) in [5.74, 6) is -0.733. The largest absolute Gasteiger partial charge is 0.490 e. The van der Waals surface area contributed by atoms with Gasteiger partial charge >= 0.3 is 6.09 Å². The summed E-state index contributed by atoms with van der Waals surface area (Å²) in [6, 6.07) is 4.26. The van der Waals surface area contributed by atoms with Gasteiger partial charge < -0.3 is 28.9 Å². The van der Waals surface area contributed by atoms with E-state index < -0.39 is 36.3 Å². The van der Waals surface area contributed by atoms with Gasteiger partial charge in [-0.25, -0.2) is 18.0 Å². The van der Waals surface area contributed by atoms with Crippen LogP contribution in [0.1, 0.15) is 82.0 Å². The van der Waals surface area contributed by atoms with E-state index >= 15 is 0 Å². The van der Waals surface area contributed by atoms with Crippen molar-refractivity contribution in [2.24, 2.45) is 5.41 Å². The number of hydrogen-bond donors (Lipinski definition) is 0. The molecule has 2 aromatic heterocycles. The fourth-order valence-electron chi connectivity index (χ4n) is 6.99. The number of ether oxygens (including phenoxy) is 3. The van der Waals surface area contributed by atoms with Crippen LogP contribution < -0.4 is 14.4 Å². The lowest BCUT2D eigenvalue weighted by atomic mass is 9.61. The maximum absolute atomic E-state index is 14.3. The van der Waals surface area contributed by atoms with E-state index in [0.29, 0.717) is 31.8 Å². The van der Waals surface area contributed by atoms with Gasteiger partial charge in [-0.05, 0) is 90.3 Å². The lowest BCUT2D eigenvalue weighted by Gasteiger charge is -2.58. The quantitative estimate of drug-likeness (QED) is 0.230. The van der Waals surface area contributed by atoms with Crippen molar-refractivity contribution in [3.63, 3.8) is 0 Å². The number of benzene rings is 1. The highest BCUT2D eigenvalue weighted by Crippen LogP contribution is 2.52. The van der Waals surface area contributed by atoms with E-state index in [1.54, 1.807) is 24.9 Å². The number of amides is 2. The van der Waals surface area contributed by atoms with E-state index in [0.717, 1.165) is 41.1 Å². The van der Waals surface area contributed by atoms with Gasteiger partial charge in [-0.2, -0.15) is 4.98 Å². The first-order valence-electron chi connectivity index (χ1n) is 16.9. The van der Waals surface area contributed by atoms with Crippen LogP contribution in [0.2, 0.25) is 5.28 Å². The smallest absolute Gasteiger partial charge is 0.410 e. The van der Waals surface area contributed by atoms with Crippen LogP contribution in [-0.2, 0) is 11.2 Å². The number of nitrogens with zero attached hydrogens (tertiary/aromatic N) is 7. The molecule has 1 saturated heterocycles. The van der Waals surface area contributed by atoms with Gasteiger partial charge in [-0.15, -0.1) is 10.2 Å². The molecule has 0 bridgehead atoms. The van der Waals surface area contributed by atoms with Crippen LogP contribution in [0.4, 0.5) is 23.8 Å². The molecule has 1 spiro atoms. The summed E-state index contributed by atoms with van der Waals surface area (Å²) >= 11 is 6.13. The van der Waals surface area contributed by atoms with Gasteiger partial charge in [-0.3, -0.25) is 9.78 Å². The summed E-state index contributed by atoms with van der Waals surface area (Å²) in [7, 11) is 0. The average Bonchev–Trinajstić information content (AvgIpc) is 3.00. The van der Waals surface area contributed by atoms with E-state index in [9.17, 15) is 22.8 Å². The molecule has 16 heteroatoms. The summed E-state index contributed by atoms with van der Waals surface area (Å²) in [5, 5.41) is 7.74. The lowest BCUT2D eigenvalue weighted by Crippen LogP contribution is -2.65. The molecule has 274 valence electrons. The predicted molar refractivity (Wildman–Crippen MR) is 181 cm³/mol. The normalized spacial score (nSPS) is 18.3. The number of rotatable bonds is 9. The zero-order valence-electron chi connectivity index (χ0n) is 29.3. The SMILES string of the molecule is CC(C)N(CC(F)F)C(=O)c1cc(F)ccc1Oc1nnc(Cl)nc1N1CC2(CC(Oc3ccnc4c3C(C)N(C(=O)OC(C)(C)C)CC4)C2)C1. The van der Waals surface area contributed by atoms with Crippen molar-refractivity contribution < 1.29 is 37.0 Å². The maximum atomic E-state index is 14.3. The second kappa shape index (κ2) is 14.0. The molecule has 1 saturated carbocycles. The molecule has 1 aromatic carbocycles. The first-order chi connectivity index (χ1) is 24.0. The minimum atomic E-state index is -2.78. The van der Waals surface area contributed by atoms with Crippen LogP contribution in [0.15, 0.2) is 30.5 Å². The number of hydrogen-bond acceptors (Lipinski definition) is 10. The van der Waals surface area contributed by atoms with Crippen molar-refractivity contribution in [1.29, 1.82) is 0 Å². The van der Waals surface area contributed by atoms with Crippen LogP contribution in [0.3, 0.4) is 0 Å². The van der Waals surface area contributed by atoms with Crippen LogP contribution in [0.5, 0.6) is 17.4 Å². The average molecular weight is 732 g/mol. The minimum absolute atomic E-state index is 0.0597. The van der Waals surface area contributed by atoms with Crippen LogP contribution in [0, 0.1) is 11.2 Å². The third kappa shape index (κ3) is 7.77. The zero-order chi connectivity index (χ0) is 36.8. The molecule has 1 aliphatic carbocycles. The minimum Gasteiger partial charge on any atom is -0.490 e. The highest BCUT2D eigenvalue weighted by atomic mass is 35.5. The van der Waals surface area contributed by atoms with Crippen molar-refractivity contribution in [2.75, 3.05) is 31.1 Å². The van der Waals surface area contributed by atoms with Crippen molar-refractivity contribution in [2.45, 2.75) is 91.0 Å². The maximum Gasteiger partial charge on any atom is 0.410 e. The van der Waals surface area contributed by atoms with E-state index in [2.05, 4.69) is 20.2 Å². The molecule has 2 fully saturated rings. The Morgan fingerprint density at radius 2 is 1.84 bits per heavy atom. The summed E-state index contributed by atoms with van der Waals surface area (Å²) < 4.78 is 59.1. The van der Waals surface area contributed by atoms with E-state index in [-0.39, 0.29) is 51.9 Å². The molecule has 2 aliphatic heterocycles. The summed E-state index contributed by atoms with van der Waals surface area (Å²) in [5.41, 5.74) is 0.872. The lowest BCUT2D eigenvalue weighted by molar-refractivity contribution is -0.0357. The molecule has 0 N–H and O–H groups in total. The molecule has 3 aromatic rings. The third-order valence-corrected chi connectivity index (χ3v) is 9.47. The molecule has 1 atom stereocenters. The van der Waals surface area contributed by atoms with Gasteiger partial charge in [0, 0.05) is 49.3 Å². The third-order valence-electron chi connectivity index (χ3n) is 9.31. The second-order valence-electron chi connectivity index (χ2n) is 14.7. The monoisotopic (exact) mass is 731 g/mol. The fraction of sp³-hybridized carbons (Fsp3) is 0.543. The molecular weight excluding hydrogens is 691 g/mol. The van der Waals surface area contributed by atoms with Crippen molar-refractivity contribution in [3.8, 4) is 17.4 Å². The first-order valence-corrected chi connectivity index (χ1v) is 17.3. The molecule has 3 aliphatic rings. The Morgan fingerprint density at radius 3 is 2.51 bits per heavy atom. The molecule has 4 heterocycles. The van der Waals surface area contributed by atoms with E-state index in [1.165, 1.54) is 6.07 Å². The molecule has 6 rings (SSSR count). The number of anilines is 1. The van der Waals surface area contributed by atoms with Crippen molar-refractivity contribution >= 4 is 29.4 Å². The highest BCUT2D eigenvalue weighted by molar-refractivity contribution is 6.28. The van der Waals surface area contributed by atoms with E-state index in [4.69, 9.17) is 25.8 Å². The van der Waals surface area contributed by atoms with Crippen LogP contribution >= 0.6 is 11.6 Å².